The highest BCUT2D eigenvalue weighted by molar-refractivity contribution is 7.92. The first-order valence-electron chi connectivity index (χ1n) is 9.67. The molecule has 30 heavy (non-hydrogen) atoms. The summed E-state index contributed by atoms with van der Waals surface area (Å²) in [7, 11) is -3.64. The van der Waals surface area contributed by atoms with Gasteiger partial charge in [-0.05, 0) is 48.7 Å². The maximum Gasteiger partial charge on any atom is 0.261 e. The predicted molar refractivity (Wildman–Crippen MR) is 119 cm³/mol. The number of para-hydroxylation sites is 1. The van der Waals surface area contributed by atoms with E-state index in [1.165, 1.54) is 0 Å². The van der Waals surface area contributed by atoms with Crippen molar-refractivity contribution in [3.63, 3.8) is 0 Å². The molecule has 3 aromatic rings. The van der Waals surface area contributed by atoms with Crippen LogP contribution < -0.4 is 9.46 Å². The Hall–Kier alpha value is -3.09. The lowest BCUT2D eigenvalue weighted by Gasteiger charge is -2.09. The minimum atomic E-state index is -3.64. The second-order valence-corrected chi connectivity index (χ2v) is 8.37. The van der Waals surface area contributed by atoms with E-state index in [-0.39, 0.29) is 4.90 Å². The zero-order chi connectivity index (χ0) is 21.2. The zero-order valence-electron chi connectivity index (χ0n) is 16.4. The number of sulfonamides is 1. The van der Waals surface area contributed by atoms with Crippen LogP contribution in [0.5, 0.6) is 5.75 Å². The van der Waals surface area contributed by atoms with Gasteiger partial charge in [0, 0.05) is 11.8 Å². The molecule has 3 aromatic carbocycles. The van der Waals surface area contributed by atoms with Gasteiger partial charge in [-0.3, -0.25) is 4.72 Å². The fraction of sp³-hybridized carbons (Fsp3) is 0.167. The minimum absolute atomic E-state index is 0.205. The van der Waals surface area contributed by atoms with E-state index in [2.05, 4.69) is 10.8 Å². The molecular weight excluding hydrogens is 398 g/mol. The normalized spacial score (nSPS) is 12.6. The van der Waals surface area contributed by atoms with E-state index in [9.17, 15) is 13.5 Å². The highest BCUT2D eigenvalue weighted by atomic mass is 32.2. The Morgan fingerprint density at radius 3 is 2.60 bits per heavy atom. The Bertz CT molecular complexity index is 1050. The molecule has 0 aliphatic heterocycles. The molecule has 0 aliphatic carbocycles. The van der Waals surface area contributed by atoms with Gasteiger partial charge in [0.2, 0.25) is 0 Å². The molecule has 0 saturated carbocycles. The summed E-state index contributed by atoms with van der Waals surface area (Å²) >= 11 is 0. The first kappa shape index (κ1) is 21.6. The number of aliphatic hydroxyl groups excluding tert-OH is 1. The highest BCUT2D eigenvalue weighted by Crippen LogP contribution is 2.18. The SMILES string of the molecule is O=S(=O)(Nc1cccc(/C=C/C(O)CCCOc2[c]cccc2)c1)c1ccccc1. The van der Waals surface area contributed by atoms with Crippen molar-refractivity contribution < 1.29 is 18.3 Å². The molecule has 5 nitrogen and oxygen atoms in total. The Kier molecular flexibility index (Phi) is 7.65. The van der Waals surface area contributed by atoms with Crippen LogP contribution in [0.3, 0.4) is 0 Å². The average molecular weight is 423 g/mol. The van der Waals surface area contributed by atoms with Crippen molar-refractivity contribution in [2.24, 2.45) is 0 Å². The Balaban J connectivity index is 1.51. The average Bonchev–Trinajstić information content (AvgIpc) is 2.77. The quantitative estimate of drug-likeness (QED) is 0.471. The van der Waals surface area contributed by atoms with Gasteiger partial charge in [0.25, 0.3) is 10.0 Å². The first-order valence-corrected chi connectivity index (χ1v) is 11.1. The van der Waals surface area contributed by atoms with E-state index in [0.717, 1.165) is 5.56 Å². The van der Waals surface area contributed by atoms with Crippen molar-refractivity contribution in [3.05, 3.63) is 96.6 Å². The molecule has 0 bridgehead atoms. The third-order valence-electron chi connectivity index (χ3n) is 4.29. The van der Waals surface area contributed by atoms with Crippen molar-refractivity contribution in [2.45, 2.75) is 23.8 Å². The molecule has 1 radical (unpaired) electrons. The standard InChI is InChI=1S/C24H24NO4S/c26-22(11-8-18-29-23-12-3-1-4-13-23)17-16-20-9-7-10-21(19-20)25-30(27,28)24-14-5-2-6-15-24/h1-7,9-10,12,14-17,19,22,25-26H,8,11,18H2/b17-16+. The molecule has 0 amide bonds. The summed E-state index contributed by atoms with van der Waals surface area (Å²) < 4.78 is 33.0. The topological polar surface area (TPSA) is 75.6 Å². The lowest BCUT2D eigenvalue weighted by molar-refractivity contribution is 0.195. The van der Waals surface area contributed by atoms with E-state index >= 15 is 0 Å². The van der Waals surface area contributed by atoms with E-state index in [1.807, 2.05) is 24.3 Å². The number of nitrogens with one attached hydrogen (secondary N) is 1. The fourth-order valence-electron chi connectivity index (χ4n) is 2.78. The van der Waals surface area contributed by atoms with Crippen molar-refractivity contribution in [3.8, 4) is 5.75 Å². The third kappa shape index (κ3) is 6.76. The summed E-state index contributed by atoms with van der Waals surface area (Å²) in [5.41, 5.74) is 1.25. The summed E-state index contributed by atoms with van der Waals surface area (Å²) in [5.74, 6) is 0.692. The third-order valence-corrected chi connectivity index (χ3v) is 5.68. The predicted octanol–water partition coefficient (Wildman–Crippen LogP) is 4.52. The number of hydrogen-bond donors (Lipinski definition) is 2. The van der Waals surface area contributed by atoms with Crippen molar-refractivity contribution in [2.75, 3.05) is 11.3 Å². The van der Waals surface area contributed by atoms with Crippen LogP contribution >= 0.6 is 0 Å². The van der Waals surface area contributed by atoms with Crippen molar-refractivity contribution >= 4 is 21.8 Å². The molecule has 6 heteroatoms. The number of benzene rings is 3. The second kappa shape index (κ2) is 10.6. The summed E-state index contributed by atoms with van der Waals surface area (Å²) in [6.07, 6.45) is 4.11. The first-order chi connectivity index (χ1) is 14.5. The van der Waals surface area contributed by atoms with E-state index in [4.69, 9.17) is 4.74 Å². The molecule has 0 heterocycles. The van der Waals surface area contributed by atoms with Crippen LogP contribution in [0.4, 0.5) is 5.69 Å². The minimum Gasteiger partial charge on any atom is -0.493 e. The van der Waals surface area contributed by atoms with Gasteiger partial charge in [-0.25, -0.2) is 8.42 Å². The number of aliphatic hydroxyl groups is 1. The van der Waals surface area contributed by atoms with Gasteiger partial charge in [0.15, 0.2) is 0 Å². The molecule has 1 atom stereocenters. The van der Waals surface area contributed by atoms with Crippen LogP contribution in [0.25, 0.3) is 6.08 Å². The Labute approximate surface area is 177 Å². The number of ether oxygens (including phenoxy) is 1. The van der Waals surface area contributed by atoms with Crippen LogP contribution in [0.2, 0.25) is 0 Å². The Morgan fingerprint density at radius 2 is 1.83 bits per heavy atom. The monoisotopic (exact) mass is 422 g/mol. The van der Waals surface area contributed by atoms with Crippen LogP contribution in [-0.4, -0.2) is 26.2 Å². The molecule has 3 rings (SSSR count). The summed E-state index contributed by atoms with van der Waals surface area (Å²) in [6.45, 7) is 0.502. The summed E-state index contributed by atoms with van der Waals surface area (Å²) in [4.78, 5) is 0.205. The molecule has 0 saturated heterocycles. The summed E-state index contributed by atoms with van der Waals surface area (Å²) in [5, 5.41) is 10.2. The maximum atomic E-state index is 12.4. The molecule has 0 aliphatic rings. The number of rotatable bonds is 10. The molecular formula is C24H24NO4S. The smallest absolute Gasteiger partial charge is 0.261 e. The fourth-order valence-corrected chi connectivity index (χ4v) is 3.85. The molecule has 155 valence electrons. The second-order valence-electron chi connectivity index (χ2n) is 6.69. The van der Waals surface area contributed by atoms with Gasteiger partial charge in [-0.15, -0.1) is 0 Å². The van der Waals surface area contributed by atoms with E-state index < -0.39 is 16.1 Å². The highest BCUT2D eigenvalue weighted by Gasteiger charge is 2.13. The lowest BCUT2D eigenvalue weighted by Crippen LogP contribution is -2.12. The van der Waals surface area contributed by atoms with Gasteiger partial charge in [0.05, 0.1) is 17.6 Å². The van der Waals surface area contributed by atoms with Gasteiger partial charge in [-0.2, -0.15) is 0 Å². The van der Waals surface area contributed by atoms with E-state index in [1.54, 1.807) is 66.7 Å². The van der Waals surface area contributed by atoms with Gasteiger partial charge < -0.3 is 9.84 Å². The van der Waals surface area contributed by atoms with Gasteiger partial charge in [-0.1, -0.05) is 60.7 Å². The van der Waals surface area contributed by atoms with Crippen LogP contribution in [0.1, 0.15) is 18.4 Å². The van der Waals surface area contributed by atoms with Gasteiger partial charge >= 0.3 is 0 Å². The van der Waals surface area contributed by atoms with Crippen LogP contribution in [-0.2, 0) is 10.0 Å². The van der Waals surface area contributed by atoms with Gasteiger partial charge in [0.1, 0.15) is 5.75 Å². The zero-order valence-corrected chi connectivity index (χ0v) is 17.3. The maximum absolute atomic E-state index is 12.4. The van der Waals surface area contributed by atoms with Crippen molar-refractivity contribution in [1.29, 1.82) is 0 Å². The molecule has 2 N–H and O–H groups in total. The lowest BCUT2D eigenvalue weighted by atomic mass is 10.1. The van der Waals surface area contributed by atoms with Crippen molar-refractivity contribution in [1.82, 2.24) is 0 Å². The van der Waals surface area contributed by atoms with Crippen LogP contribution in [0, 0.1) is 6.07 Å². The number of anilines is 1. The van der Waals surface area contributed by atoms with Crippen LogP contribution in [0.15, 0.2) is 89.8 Å². The van der Waals surface area contributed by atoms with E-state index in [0.29, 0.717) is 30.9 Å². The molecule has 0 aromatic heterocycles. The number of hydrogen-bond acceptors (Lipinski definition) is 4. The Morgan fingerprint density at radius 1 is 1.03 bits per heavy atom. The molecule has 0 spiro atoms. The molecule has 0 fully saturated rings. The largest absolute Gasteiger partial charge is 0.493 e. The molecule has 1 unspecified atom stereocenters. The summed E-state index contributed by atoms with van der Waals surface area (Å²) in [6, 6.07) is 25.6.